The van der Waals surface area contributed by atoms with E-state index in [4.69, 9.17) is 4.74 Å². The molecule has 1 heterocycles. The van der Waals surface area contributed by atoms with Gasteiger partial charge in [0.2, 0.25) is 0 Å². The summed E-state index contributed by atoms with van der Waals surface area (Å²) in [5.74, 6) is 0.885. The van der Waals surface area contributed by atoms with Crippen LogP contribution in [0.5, 0.6) is 5.75 Å². The molecule has 0 aliphatic rings. The van der Waals surface area contributed by atoms with Crippen molar-refractivity contribution in [1.82, 2.24) is 4.57 Å². The van der Waals surface area contributed by atoms with E-state index in [0.717, 1.165) is 12.3 Å². The van der Waals surface area contributed by atoms with Crippen molar-refractivity contribution in [2.24, 2.45) is 0 Å². The van der Waals surface area contributed by atoms with Crippen LogP contribution in [0, 0.1) is 0 Å². The molecule has 2 rings (SSSR count). The van der Waals surface area contributed by atoms with Crippen LogP contribution in [-0.2, 0) is 6.54 Å². The second-order valence-corrected chi connectivity index (χ2v) is 3.60. The normalized spacial score (nSPS) is 10.0. The van der Waals surface area contributed by atoms with Gasteiger partial charge in [-0.3, -0.25) is 0 Å². The Morgan fingerprint density at radius 2 is 1.81 bits per heavy atom. The lowest BCUT2D eigenvalue weighted by Crippen LogP contribution is -1.97. The Hall–Kier alpha value is -1.96. The van der Waals surface area contributed by atoms with Gasteiger partial charge in [-0.15, -0.1) is 0 Å². The molecule has 16 heavy (non-hydrogen) atoms. The Morgan fingerprint density at radius 1 is 1.12 bits per heavy atom. The van der Waals surface area contributed by atoms with Crippen molar-refractivity contribution in [3.63, 3.8) is 0 Å². The van der Waals surface area contributed by atoms with E-state index in [1.54, 1.807) is 6.08 Å². The molecule has 0 aliphatic carbocycles. The highest BCUT2D eigenvalue weighted by Gasteiger charge is 1.95. The van der Waals surface area contributed by atoms with Gasteiger partial charge in [0.25, 0.3) is 0 Å². The third-order valence-electron chi connectivity index (χ3n) is 2.32. The number of nitrogens with zero attached hydrogens (tertiary/aromatic N) is 1. The third kappa shape index (κ3) is 2.76. The van der Waals surface area contributed by atoms with Crippen molar-refractivity contribution < 1.29 is 4.74 Å². The number of rotatable bonds is 5. The van der Waals surface area contributed by atoms with Crippen LogP contribution >= 0.6 is 0 Å². The van der Waals surface area contributed by atoms with E-state index in [9.17, 15) is 0 Å². The van der Waals surface area contributed by atoms with Crippen LogP contribution in [0.15, 0.2) is 61.4 Å². The molecule has 0 spiro atoms. The quantitative estimate of drug-likeness (QED) is 0.696. The number of hydrogen-bond donors (Lipinski definition) is 0. The number of aromatic nitrogens is 1. The van der Waals surface area contributed by atoms with Crippen molar-refractivity contribution in [1.29, 1.82) is 0 Å². The molecule has 82 valence electrons. The van der Waals surface area contributed by atoms with E-state index in [2.05, 4.69) is 35.7 Å². The Kier molecular flexibility index (Phi) is 3.44. The SMILES string of the molecule is C=CCOc1ccc(Cn2cccc2)cc1. The smallest absolute Gasteiger partial charge is 0.119 e. The standard InChI is InChI=1S/C14H15NO/c1-2-11-16-14-7-5-13(6-8-14)12-15-9-3-4-10-15/h2-10H,1,11-12H2. The lowest BCUT2D eigenvalue weighted by atomic mass is 10.2. The van der Waals surface area contributed by atoms with Crippen LogP contribution in [0.3, 0.4) is 0 Å². The van der Waals surface area contributed by atoms with Gasteiger partial charge in [0.1, 0.15) is 12.4 Å². The van der Waals surface area contributed by atoms with Crippen LogP contribution < -0.4 is 4.74 Å². The highest BCUT2D eigenvalue weighted by molar-refractivity contribution is 5.27. The first-order valence-corrected chi connectivity index (χ1v) is 5.32. The van der Waals surface area contributed by atoms with Crippen LogP contribution in [0.2, 0.25) is 0 Å². The summed E-state index contributed by atoms with van der Waals surface area (Å²) in [6.45, 7) is 5.06. The minimum Gasteiger partial charge on any atom is -0.490 e. The van der Waals surface area contributed by atoms with Crippen molar-refractivity contribution in [2.45, 2.75) is 6.54 Å². The molecule has 0 saturated heterocycles. The molecule has 0 saturated carbocycles. The zero-order chi connectivity index (χ0) is 11.2. The average Bonchev–Trinajstić information content (AvgIpc) is 2.81. The molecule has 0 amide bonds. The number of ether oxygens (including phenoxy) is 1. The number of benzene rings is 1. The van der Waals surface area contributed by atoms with Gasteiger partial charge in [-0.25, -0.2) is 0 Å². The second-order valence-electron chi connectivity index (χ2n) is 3.60. The summed E-state index contributed by atoms with van der Waals surface area (Å²) in [6, 6.07) is 12.2. The maximum Gasteiger partial charge on any atom is 0.119 e. The lowest BCUT2D eigenvalue weighted by Gasteiger charge is -2.06. The monoisotopic (exact) mass is 213 g/mol. The fourth-order valence-electron chi connectivity index (χ4n) is 1.53. The first kappa shape index (κ1) is 10.6. The first-order valence-electron chi connectivity index (χ1n) is 5.32. The molecule has 1 aromatic heterocycles. The fraction of sp³-hybridized carbons (Fsp3) is 0.143. The Morgan fingerprint density at radius 3 is 2.44 bits per heavy atom. The Balaban J connectivity index is 1.99. The van der Waals surface area contributed by atoms with Crippen molar-refractivity contribution in [3.05, 3.63) is 67.0 Å². The van der Waals surface area contributed by atoms with E-state index < -0.39 is 0 Å². The first-order chi connectivity index (χ1) is 7.88. The summed E-state index contributed by atoms with van der Waals surface area (Å²) in [7, 11) is 0. The molecule has 2 aromatic rings. The van der Waals surface area contributed by atoms with Crippen LogP contribution in [0.1, 0.15) is 5.56 Å². The van der Waals surface area contributed by atoms with Crippen molar-refractivity contribution >= 4 is 0 Å². The molecule has 0 bridgehead atoms. The van der Waals surface area contributed by atoms with Gasteiger partial charge < -0.3 is 9.30 Å². The lowest BCUT2D eigenvalue weighted by molar-refractivity contribution is 0.363. The van der Waals surface area contributed by atoms with Gasteiger partial charge in [-0.2, -0.15) is 0 Å². The van der Waals surface area contributed by atoms with Crippen LogP contribution in [0.25, 0.3) is 0 Å². The van der Waals surface area contributed by atoms with Crippen LogP contribution in [-0.4, -0.2) is 11.2 Å². The molecular formula is C14H15NO. The molecule has 1 aromatic carbocycles. The summed E-state index contributed by atoms with van der Waals surface area (Å²) < 4.78 is 7.56. The maximum atomic E-state index is 5.42. The molecule has 0 N–H and O–H groups in total. The van der Waals surface area contributed by atoms with Crippen molar-refractivity contribution in [2.75, 3.05) is 6.61 Å². The minimum atomic E-state index is 0.553. The third-order valence-corrected chi connectivity index (χ3v) is 2.32. The highest BCUT2D eigenvalue weighted by Crippen LogP contribution is 2.13. The Labute approximate surface area is 95.8 Å². The molecule has 0 atom stereocenters. The summed E-state index contributed by atoms with van der Waals surface area (Å²) in [6.07, 6.45) is 5.86. The highest BCUT2D eigenvalue weighted by atomic mass is 16.5. The Bertz CT molecular complexity index is 428. The van der Waals surface area contributed by atoms with Gasteiger partial charge in [0, 0.05) is 18.9 Å². The van der Waals surface area contributed by atoms with E-state index in [0.29, 0.717) is 6.61 Å². The molecule has 0 fully saturated rings. The molecular weight excluding hydrogens is 198 g/mol. The summed E-state index contributed by atoms with van der Waals surface area (Å²) >= 11 is 0. The second kappa shape index (κ2) is 5.21. The molecule has 0 radical (unpaired) electrons. The van der Waals surface area contributed by atoms with E-state index in [-0.39, 0.29) is 0 Å². The van der Waals surface area contributed by atoms with Gasteiger partial charge >= 0.3 is 0 Å². The van der Waals surface area contributed by atoms with Gasteiger partial charge in [0.15, 0.2) is 0 Å². The predicted octanol–water partition coefficient (Wildman–Crippen LogP) is 3.10. The number of hydrogen-bond acceptors (Lipinski definition) is 1. The minimum absolute atomic E-state index is 0.553. The predicted molar refractivity (Wildman–Crippen MR) is 65.7 cm³/mol. The van der Waals surface area contributed by atoms with E-state index in [1.807, 2.05) is 24.3 Å². The zero-order valence-electron chi connectivity index (χ0n) is 9.17. The maximum absolute atomic E-state index is 5.42. The van der Waals surface area contributed by atoms with E-state index in [1.165, 1.54) is 5.56 Å². The van der Waals surface area contributed by atoms with Crippen LogP contribution in [0.4, 0.5) is 0 Å². The summed E-state index contributed by atoms with van der Waals surface area (Å²) in [4.78, 5) is 0. The molecule has 2 nitrogen and oxygen atoms in total. The van der Waals surface area contributed by atoms with Gasteiger partial charge in [0.05, 0.1) is 0 Å². The van der Waals surface area contributed by atoms with Crippen molar-refractivity contribution in [3.8, 4) is 5.75 Å². The van der Waals surface area contributed by atoms with Gasteiger partial charge in [-0.05, 0) is 29.8 Å². The topological polar surface area (TPSA) is 14.2 Å². The molecule has 0 unspecified atom stereocenters. The summed E-state index contributed by atoms with van der Waals surface area (Å²) in [5, 5.41) is 0. The molecule has 0 aliphatic heterocycles. The fourth-order valence-corrected chi connectivity index (χ4v) is 1.53. The average molecular weight is 213 g/mol. The zero-order valence-corrected chi connectivity index (χ0v) is 9.17. The molecule has 2 heteroatoms. The largest absolute Gasteiger partial charge is 0.490 e. The van der Waals surface area contributed by atoms with E-state index >= 15 is 0 Å². The summed E-state index contributed by atoms with van der Waals surface area (Å²) in [5.41, 5.74) is 1.27. The van der Waals surface area contributed by atoms with Gasteiger partial charge in [-0.1, -0.05) is 24.8 Å².